The van der Waals surface area contributed by atoms with Crippen molar-refractivity contribution in [3.05, 3.63) is 23.9 Å². The van der Waals surface area contributed by atoms with E-state index in [-0.39, 0.29) is 0 Å². The first kappa shape index (κ1) is 10.0. The zero-order chi connectivity index (χ0) is 10.6. The van der Waals surface area contributed by atoms with Crippen LogP contribution < -0.4 is 10.5 Å². The molecule has 0 radical (unpaired) electrons. The van der Waals surface area contributed by atoms with Crippen molar-refractivity contribution in [1.29, 1.82) is 0 Å². The van der Waals surface area contributed by atoms with Crippen molar-refractivity contribution in [2.24, 2.45) is 0 Å². The van der Waals surface area contributed by atoms with Crippen LogP contribution in [0.5, 0.6) is 5.88 Å². The number of nitrogens with two attached hydrogens (primary N) is 1. The van der Waals surface area contributed by atoms with Gasteiger partial charge in [-0.05, 0) is 12.1 Å². The van der Waals surface area contributed by atoms with Gasteiger partial charge < -0.3 is 15.6 Å². The zero-order valence-electron chi connectivity index (χ0n) is 7.60. The number of aromatic nitrogens is 1. The van der Waals surface area contributed by atoms with Crippen LogP contribution in [0.25, 0.3) is 6.08 Å². The molecule has 14 heavy (non-hydrogen) atoms. The molecular weight excluding hydrogens is 184 g/mol. The summed E-state index contributed by atoms with van der Waals surface area (Å²) < 4.78 is 4.92. The van der Waals surface area contributed by atoms with E-state index in [0.717, 1.165) is 6.08 Å². The lowest BCUT2D eigenvalue weighted by atomic mass is 10.2. The summed E-state index contributed by atoms with van der Waals surface area (Å²) in [6.07, 6.45) is 3.82. The van der Waals surface area contributed by atoms with Crippen LogP contribution in [0.2, 0.25) is 0 Å². The Bertz CT molecular complexity index is 374. The monoisotopic (exact) mass is 194 g/mol. The quantitative estimate of drug-likeness (QED) is 0.694. The first-order valence-electron chi connectivity index (χ1n) is 3.84. The summed E-state index contributed by atoms with van der Waals surface area (Å²) in [7, 11) is 1.45. The van der Waals surface area contributed by atoms with Gasteiger partial charge in [-0.15, -0.1) is 0 Å². The summed E-state index contributed by atoms with van der Waals surface area (Å²) >= 11 is 0. The SMILES string of the molecule is COc1ncc(N)cc1C=CC(=O)O. The second-order valence-electron chi connectivity index (χ2n) is 2.54. The maximum absolute atomic E-state index is 10.3. The molecule has 0 aliphatic rings. The predicted molar refractivity (Wildman–Crippen MR) is 51.9 cm³/mol. The number of methoxy groups -OCH3 is 1. The number of carbonyl (C=O) groups is 1. The van der Waals surface area contributed by atoms with Crippen LogP contribution in [0.4, 0.5) is 5.69 Å². The first-order valence-corrected chi connectivity index (χ1v) is 3.84. The van der Waals surface area contributed by atoms with Gasteiger partial charge in [0, 0.05) is 11.6 Å². The van der Waals surface area contributed by atoms with Crippen molar-refractivity contribution in [3.8, 4) is 5.88 Å². The smallest absolute Gasteiger partial charge is 0.328 e. The van der Waals surface area contributed by atoms with Crippen molar-refractivity contribution in [3.63, 3.8) is 0 Å². The number of rotatable bonds is 3. The van der Waals surface area contributed by atoms with Crippen molar-refractivity contribution in [2.45, 2.75) is 0 Å². The fraction of sp³-hybridized carbons (Fsp3) is 0.111. The fourth-order valence-corrected chi connectivity index (χ4v) is 0.937. The molecule has 1 heterocycles. The Morgan fingerprint density at radius 1 is 1.71 bits per heavy atom. The third kappa shape index (κ3) is 2.48. The molecule has 0 unspecified atom stereocenters. The first-order chi connectivity index (χ1) is 6.63. The van der Waals surface area contributed by atoms with Crippen LogP contribution in [0.15, 0.2) is 18.3 Å². The number of aliphatic carboxylic acids is 1. The van der Waals surface area contributed by atoms with Crippen LogP contribution in [0.3, 0.4) is 0 Å². The largest absolute Gasteiger partial charge is 0.481 e. The van der Waals surface area contributed by atoms with Crippen LogP contribution in [0.1, 0.15) is 5.56 Å². The van der Waals surface area contributed by atoms with E-state index >= 15 is 0 Å². The van der Waals surface area contributed by atoms with Gasteiger partial charge in [-0.25, -0.2) is 9.78 Å². The van der Waals surface area contributed by atoms with Crippen LogP contribution >= 0.6 is 0 Å². The molecule has 0 spiro atoms. The molecule has 0 saturated heterocycles. The van der Waals surface area contributed by atoms with E-state index in [1.54, 1.807) is 6.07 Å². The van der Waals surface area contributed by atoms with Crippen molar-refractivity contribution < 1.29 is 14.6 Å². The summed E-state index contributed by atoms with van der Waals surface area (Å²) in [6.45, 7) is 0. The Labute approximate surface area is 80.8 Å². The Morgan fingerprint density at radius 3 is 3.00 bits per heavy atom. The van der Waals surface area contributed by atoms with Gasteiger partial charge in [0.05, 0.1) is 19.0 Å². The second kappa shape index (κ2) is 4.27. The van der Waals surface area contributed by atoms with Crippen molar-refractivity contribution >= 4 is 17.7 Å². The maximum atomic E-state index is 10.3. The molecule has 0 amide bonds. The Balaban J connectivity index is 3.04. The molecule has 5 heteroatoms. The molecule has 1 aromatic rings. The lowest BCUT2D eigenvalue weighted by Gasteiger charge is -2.03. The lowest BCUT2D eigenvalue weighted by Crippen LogP contribution is -1.94. The van der Waals surface area contributed by atoms with Gasteiger partial charge in [0.1, 0.15) is 0 Å². The van der Waals surface area contributed by atoms with Gasteiger partial charge in [0.25, 0.3) is 0 Å². The molecule has 0 aromatic carbocycles. The third-order valence-electron chi connectivity index (χ3n) is 1.50. The van der Waals surface area contributed by atoms with Gasteiger partial charge in [-0.1, -0.05) is 0 Å². The van der Waals surface area contributed by atoms with Gasteiger partial charge in [-0.3, -0.25) is 0 Å². The molecule has 0 fully saturated rings. The van der Waals surface area contributed by atoms with Gasteiger partial charge in [0.15, 0.2) is 0 Å². The van der Waals surface area contributed by atoms with Crippen LogP contribution in [-0.2, 0) is 4.79 Å². The number of carboxylic acids is 1. The molecule has 0 bridgehead atoms. The average Bonchev–Trinajstić information content (AvgIpc) is 2.15. The number of nitrogens with zero attached hydrogens (tertiary/aromatic N) is 1. The van der Waals surface area contributed by atoms with Gasteiger partial charge >= 0.3 is 5.97 Å². The number of nitrogen functional groups attached to an aromatic ring is 1. The van der Waals surface area contributed by atoms with Crippen LogP contribution in [-0.4, -0.2) is 23.2 Å². The van der Waals surface area contributed by atoms with E-state index in [1.807, 2.05) is 0 Å². The van der Waals surface area contributed by atoms with Crippen molar-refractivity contribution in [2.75, 3.05) is 12.8 Å². The normalized spacial score (nSPS) is 10.4. The molecule has 0 atom stereocenters. The van der Waals surface area contributed by atoms with Crippen molar-refractivity contribution in [1.82, 2.24) is 4.98 Å². The van der Waals surface area contributed by atoms with E-state index < -0.39 is 5.97 Å². The summed E-state index contributed by atoms with van der Waals surface area (Å²) in [5.74, 6) is -0.689. The second-order valence-corrected chi connectivity index (χ2v) is 2.54. The minimum atomic E-state index is -1.03. The van der Waals surface area contributed by atoms with E-state index in [0.29, 0.717) is 17.1 Å². The minimum absolute atomic E-state index is 0.344. The number of carboxylic acid groups (broad SMARTS) is 1. The standard InChI is InChI=1S/C9H10N2O3/c1-14-9-6(2-3-8(12)13)4-7(10)5-11-9/h2-5H,10H2,1H3,(H,12,13). The summed E-state index contributed by atoms with van der Waals surface area (Å²) in [4.78, 5) is 14.2. The molecule has 74 valence electrons. The maximum Gasteiger partial charge on any atom is 0.328 e. The lowest BCUT2D eigenvalue weighted by molar-refractivity contribution is -0.131. The topological polar surface area (TPSA) is 85.4 Å². The molecule has 1 rings (SSSR count). The Hall–Kier alpha value is -2.04. The molecule has 5 nitrogen and oxygen atoms in total. The molecule has 0 aliphatic carbocycles. The molecule has 1 aromatic heterocycles. The highest BCUT2D eigenvalue weighted by Gasteiger charge is 2.01. The molecule has 0 aliphatic heterocycles. The highest BCUT2D eigenvalue weighted by Crippen LogP contribution is 2.18. The summed E-state index contributed by atoms with van der Waals surface area (Å²) in [6, 6.07) is 1.59. The molecular formula is C9H10N2O3. The number of anilines is 1. The van der Waals surface area contributed by atoms with Gasteiger partial charge in [-0.2, -0.15) is 0 Å². The molecule has 3 N–H and O–H groups in total. The number of pyridine rings is 1. The predicted octanol–water partition coefficient (Wildman–Crippen LogP) is 0.770. The fourth-order valence-electron chi connectivity index (χ4n) is 0.937. The van der Waals surface area contributed by atoms with E-state index in [2.05, 4.69) is 4.98 Å². The Kier molecular flexibility index (Phi) is 3.06. The highest BCUT2D eigenvalue weighted by molar-refractivity contribution is 5.85. The van der Waals surface area contributed by atoms with E-state index in [1.165, 1.54) is 19.4 Å². The molecule has 0 saturated carbocycles. The average molecular weight is 194 g/mol. The number of hydrogen-bond donors (Lipinski definition) is 2. The summed E-state index contributed by atoms with van der Waals surface area (Å²) in [5, 5.41) is 8.43. The van der Waals surface area contributed by atoms with Crippen LogP contribution in [0, 0.1) is 0 Å². The third-order valence-corrected chi connectivity index (χ3v) is 1.50. The summed E-state index contributed by atoms with van der Waals surface area (Å²) in [5.41, 5.74) is 6.48. The Morgan fingerprint density at radius 2 is 2.43 bits per heavy atom. The van der Waals surface area contributed by atoms with Gasteiger partial charge in [0.2, 0.25) is 5.88 Å². The van der Waals surface area contributed by atoms with E-state index in [4.69, 9.17) is 15.6 Å². The number of ether oxygens (including phenoxy) is 1. The minimum Gasteiger partial charge on any atom is -0.481 e. The van der Waals surface area contributed by atoms with E-state index in [9.17, 15) is 4.79 Å². The number of hydrogen-bond acceptors (Lipinski definition) is 4. The highest BCUT2D eigenvalue weighted by atomic mass is 16.5. The zero-order valence-corrected chi connectivity index (χ0v) is 7.60.